The lowest BCUT2D eigenvalue weighted by Crippen LogP contribution is -2.01. The van der Waals surface area contributed by atoms with Crippen molar-refractivity contribution in [3.63, 3.8) is 0 Å². The third-order valence-electron chi connectivity index (χ3n) is 9.25. The Balaban J connectivity index is 1.23. The first-order valence-corrected chi connectivity index (χ1v) is 17.7. The summed E-state index contributed by atoms with van der Waals surface area (Å²) in [5.41, 5.74) is 13.4. The van der Waals surface area contributed by atoms with Crippen LogP contribution in [0, 0.1) is 12.1 Å². The Bertz CT molecular complexity index is 2680. The van der Waals surface area contributed by atoms with Crippen molar-refractivity contribution in [1.29, 1.82) is 0 Å². The summed E-state index contributed by atoms with van der Waals surface area (Å²) in [7, 11) is 0. The highest BCUT2D eigenvalue weighted by Crippen LogP contribution is 2.38. The fourth-order valence-electron chi connectivity index (χ4n) is 6.57. The Kier molecular flexibility index (Phi) is 8.74. The number of hydrogen-bond acceptors (Lipinski definition) is 5. The van der Waals surface area contributed by atoms with Gasteiger partial charge in [-0.05, 0) is 42.0 Å². The molecule has 0 aliphatic heterocycles. The fraction of sp³-hybridized carbons (Fsp3) is 0. The molecular formula is C49H31N5. The number of aromatic nitrogens is 5. The summed E-state index contributed by atoms with van der Waals surface area (Å²) in [5.74, 6) is 0.634. The molecule has 0 saturated heterocycles. The van der Waals surface area contributed by atoms with Gasteiger partial charge in [0.05, 0.1) is 34.2 Å². The molecule has 0 bridgehead atoms. The SMILES string of the molecule is c1cc(-c2cc(-c3cccc(-c4nc(-c5ccccc5)c(-c5ccccc5)nc4-c4ccccc4)c3)nc(-c3ccccc3)n2)cc(-c2ccncc2)c#1. The monoisotopic (exact) mass is 689 g/mol. The zero-order valence-electron chi connectivity index (χ0n) is 29.1. The van der Waals surface area contributed by atoms with Crippen molar-refractivity contribution < 1.29 is 0 Å². The van der Waals surface area contributed by atoms with Crippen LogP contribution in [0.3, 0.4) is 0 Å². The molecule has 0 amide bonds. The normalized spacial score (nSPS) is 10.8. The number of pyridine rings is 1. The maximum absolute atomic E-state index is 5.46. The summed E-state index contributed by atoms with van der Waals surface area (Å²) >= 11 is 0. The minimum Gasteiger partial charge on any atom is -0.265 e. The molecule has 0 saturated carbocycles. The van der Waals surface area contributed by atoms with E-state index in [1.807, 2.05) is 109 Å². The van der Waals surface area contributed by atoms with Gasteiger partial charge in [0.1, 0.15) is 0 Å². The minimum absolute atomic E-state index is 0.634. The van der Waals surface area contributed by atoms with E-state index in [0.717, 1.165) is 84.2 Å². The number of nitrogens with zero attached hydrogens (tertiary/aromatic N) is 5. The van der Waals surface area contributed by atoms with E-state index in [1.165, 1.54) is 0 Å². The average molecular weight is 690 g/mol. The van der Waals surface area contributed by atoms with Gasteiger partial charge in [0.25, 0.3) is 0 Å². The Hall–Kier alpha value is -7.55. The summed E-state index contributed by atoms with van der Waals surface area (Å²) in [6.45, 7) is 0. The molecule has 5 heteroatoms. The molecule has 0 aliphatic carbocycles. The van der Waals surface area contributed by atoms with Gasteiger partial charge in [-0.2, -0.15) is 0 Å². The zero-order chi connectivity index (χ0) is 36.1. The van der Waals surface area contributed by atoms with Gasteiger partial charge in [0.15, 0.2) is 5.82 Å². The van der Waals surface area contributed by atoms with Crippen LogP contribution in [0.1, 0.15) is 0 Å². The molecule has 5 nitrogen and oxygen atoms in total. The molecule has 6 aromatic carbocycles. The van der Waals surface area contributed by atoms with E-state index >= 15 is 0 Å². The van der Waals surface area contributed by atoms with E-state index < -0.39 is 0 Å². The van der Waals surface area contributed by atoms with Crippen LogP contribution in [-0.2, 0) is 0 Å². The summed E-state index contributed by atoms with van der Waals surface area (Å²) in [4.78, 5) is 25.3. The number of benzene rings is 5. The van der Waals surface area contributed by atoms with Crippen LogP contribution >= 0.6 is 0 Å². The topological polar surface area (TPSA) is 64.5 Å². The van der Waals surface area contributed by atoms with Gasteiger partial charge in [-0.25, -0.2) is 19.9 Å². The first kappa shape index (κ1) is 32.4. The molecule has 3 heterocycles. The quantitative estimate of drug-likeness (QED) is 0.159. The molecule has 0 unspecified atom stereocenters. The number of rotatable bonds is 8. The summed E-state index contributed by atoms with van der Waals surface area (Å²) in [6, 6.07) is 65.8. The zero-order valence-corrected chi connectivity index (χ0v) is 29.1. The Labute approximate surface area is 314 Å². The van der Waals surface area contributed by atoms with Gasteiger partial charge in [0.2, 0.25) is 0 Å². The minimum atomic E-state index is 0.634. The molecule has 0 atom stereocenters. The largest absolute Gasteiger partial charge is 0.265 e. The molecule has 0 fully saturated rings. The van der Waals surface area contributed by atoms with Crippen molar-refractivity contribution in [2.45, 2.75) is 0 Å². The van der Waals surface area contributed by atoms with Crippen LogP contribution in [0.15, 0.2) is 188 Å². The first-order valence-electron chi connectivity index (χ1n) is 17.7. The first-order chi connectivity index (χ1) is 26.8. The molecule has 9 aromatic rings. The molecule has 54 heavy (non-hydrogen) atoms. The van der Waals surface area contributed by atoms with E-state index in [9.17, 15) is 0 Å². The summed E-state index contributed by atoms with van der Waals surface area (Å²) in [5, 5.41) is 0. The molecule has 0 spiro atoms. The van der Waals surface area contributed by atoms with Gasteiger partial charge in [-0.1, -0.05) is 152 Å². The molecule has 0 aliphatic rings. The van der Waals surface area contributed by atoms with Gasteiger partial charge in [0, 0.05) is 56.9 Å². The fourth-order valence-corrected chi connectivity index (χ4v) is 6.57. The van der Waals surface area contributed by atoms with E-state index in [0.29, 0.717) is 5.82 Å². The third-order valence-corrected chi connectivity index (χ3v) is 9.25. The molecule has 252 valence electrons. The lowest BCUT2D eigenvalue weighted by molar-refractivity contribution is 1.18. The summed E-state index contributed by atoms with van der Waals surface area (Å²) < 4.78 is 0. The van der Waals surface area contributed by atoms with E-state index in [4.69, 9.17) is 19.9 Å². The maximum Gasteiger partial charge on any atom is 0.160 e. The lowest BCUT2D eigenvalue weighted by Gasteiger charge is -2.16. The van der Waals surface area contributed by atoms with Gasteiger partial charge < -0.3 is 0 Å². The van der Waals surface area contributed by atoms with E-state index in [-0.39, 0.29) is 0 Å². The van der Waals surface area contributed by atoms with Crippen molar-refractivity contribution in [3.05, 3.63) is 200 Å². The standard InChI is InChI=1S/C49H31N5/c1-5-15-35(16-6-1)45-46(36-17-7-2-8-18-36)54-48(47(53-45)37-19-9-3-10-20-37)42-26-14-25-41(32-42)44-33-43(51-49(52-44)38-21-11-4-12-22-38)40-24-13-23-39(31-40)34-27-29-50-30-28-34/h1-12,14-22,24-33H. The highest BCUT2D eigenvalue weighted by molar-refractivity contribution is 5.87. The van der Waals surface area contributed by atoms with Gasteiger partial charge in [-0.15, -0.1) is 0 Å². The van der Waals surface area contributed by atoms with Crippen molar-refractivity contribution in [3.8, 4) is 90.1 Å². The van der Waals surface area contributed by atoms with Crippen LogP contribution < -0.4 is 0 Å². The Morgan fingerprint density at radius 1 is 0.333 bits per heavy atom. The predicted molar refractivity (Wildman–Crippen MR) is 217 cm³/mol. The highest BCUT2D eigenvalue weighted by atomic mass is 14.9. The van der Waals surface area contributed by atoms with Gasteiger partial charge >= 0.3 is 0 Å². The highest BCUT2D eigenvalue weighted by Gasteiger charge is 2.20. The molecular weight excluding hydrogens is 659 g/mol. The van der Waals surface area contributed by atoms with Crippen LogP contribution in [-0.4, -0.2) is 24.9 Å². The molecule has 3 aromatic heterocycles. The number of hydrogen-bond donors (Lipinski definition) is 0. The van der Waals surface area contributed by atoms with Crippen molar-refractivity contribution in [2.24, 2.45) is 0 Å². The second kappa shape index (κ2) is 14.6. The molecule has 0 radical (unpaired) electrons. The van der Waals surface area contributed by atoms with E-state index in [2.05, 4.69) is 83.8 Å². The second-order valence-corrected chi connectivity index (χ2v) is 12.8. The van der Waals surface area contributed by atoms with Gasteiger partial charge in [-0.3, -0.25) is 4.98 Å². The van der Waals surface area contributed by atoms with Crippen LogP contribution in [0.25, 0.3) is 90.1 Å². The lowest BCUT2D eigenvalue weighted by atomic mass is 9.97. The van der Waals surface area contributed by atoms with Crippen molar-refractivity contribution in [1.82, 2.24) is 24.9 Å². The van der Waals surface area contributed by atoms with Crippen LogP contribution in [0.5, 0.6) is 0 Å². The predicted octanol–water partition coefficient (Wildman–Crippen LogP) is 11.6. The smallest absolute Gasteiger partial charge is 0.160 e. The molecule has 9 rings (SSSR count). The van der Waals surface area contributed by atoms with E-state index in [1.54, 1.807) is 12.4 Å². The Morgan fingerprint density at radius 3 is 1.35 bits per heavy atom. The maximum atomic E-state index is 5.46. The van der Waals surface area contributed by atoms with Crippen LogP contribution in [0.2, 0.25) is 0 Å². The van der Waals surface area contributed by atoms with Crippen molar-refractivity contribution in [2.75, 3.05) is 0 Å². The average Bonchev–Trinajstić information content (AvgIpc) is 3.27. The summed E-state index contributed by atoms with van der Waals surface area (Å²) in [6.07, 6.45) is 3.56. The van der Waals surface area contributed by atoms with Crippen molar-refractivity contribution >= 4 is 0 Å². The third kappa shape index (κ3) is 6.64. The second-order valence-electron chi connectivity index (χ2n) is 12.8. The Morgan fingerprint density at radius 2 is 0.796 bits per heavy atom. The van der Waals surface area contributed by atoms with Crippen LogP contribution in [0.4, 0.5) is 0 Å². The molecule has 0 N–H and O–H groups in total.